The minimum absolute atomic E-state index is 0.0347. The van der Waals surface area contributed by atoms with Gasteiger partial charge < -0.3 is 18.9 Å². The molecule has 0 saturated heterocycles. The number of aromatic nitrogens is 2. The van der Waals surface area contributed by atoms with Crippen molar-refractivity contribution in [2.45, 2.75) is 6.54 Å². The van der Waals surface area contributed by atoms with Gasteiger partial charge in [0.2, 0.25) is 11.7 Å². The molecule has 2 aromatic carbocycles. The Hall–Kier alpha value is -3.95. The first-order chi connectivity index (χ1) is 13.9. The van der Waals surface area contributed by atoms with Gasteiger partial charge in [-0.05, 0) is 18.2 Å². The third-order valence-corrected chi connectivity index (χ3v) is 4.14. The van der Waals surface area contributed by atoms with Crippen molar-refractivity contribution in [3.05, 3.63) is 64.0 Å². The number of hydrogen-bond donors (Lipinski definition) is 0. The molecule has 1 aromatic heterocycles. The first-order valence-corrected chi connectivity index (χ1v) is 8.48. The van der Waals surface area contributed by atoms with Crippen LogP contribution in [0.5, 0.6) is 11.5 Å². The molecule has 150 valence electrons. The molecule has 0 aliphatic rings. The van der Waals surface area contributed by atoms with Gasteiger partial charge in [0, 0.05) is 30.8 Å². The number of rotatable bonds is 7. The second-order valence-corrected chi connectivity index (χ2v) is 6.05. The Balaban J connectivity index is 1.77. The number of carbonyl (C=O) groups is 1. The van der Waals surface area contributed by atoms with Crippen LogP contribution in [0.2, 0.25) is 0 Å². The van der Waals surface area contributed by atoms with Gasteiger partial charge in [0.05, 0.1) is 31.3 Å². The summed E-state index contributed by atoms with van der Waals surface area (Å²) in [5.41, 5.74) is 0.644. The van der Waals surface area contributed by atoms with Crippen molar-refractivity contribution in [3.63, 3.8) is 0 Å². The van der Waals surface area contributed by atoms with Crippen molar-refractivity contribution in [2.75, 3.05) is 21.3 Å². The lowest BCUT2D eigenvalue weighted by molar-refractivity contribution is -0.384. The smallest absolute Gasteiger partial charge is 0.270 e. The molecule has 0 bridgehead atoms. The number of amides is 1. The Bertz CT molecular complexity index is 1050. The van der Waals surface area contributed by atoms with Crippen molar-refractivity contribution in [1.82, 2.24) is 15.0 Å². The maximum Gasteiger partial charge on any atom is 0.270 e. The Kier molecular flexibility index (Phi) is 5.72. The number of nitro groups is 1. The zero-order valence-corrected chi connectivity index (χ0v) is 16.0. The van der Waals surface area contributed by atoms with Crippen LogP contribution in [0, 0.1) is 10.1 Å². The van der Waals surface area contributed by atoms with Gasteiger partial charge >= 0.3 is 0 Å². The van der Waals surface area contributed by atoms with E-state index in [1.165, 1.54) is 36.3 Å². The van der Waals surface area contributed by atoms with Gasteiger partial charge in [0.1, 0.15) is 11.5 Å². The molecule has 0 spiro atoms. The molecule has 3 rings (SSSR count). The Morgan fingerprint density at radius 3 is 2.69 bits per heavy atom. The van der Waals surface area contributed by atoms with Crippen LogP contribution in [0.1, 0.15) is 16.2 Å². The highest BCUT2D eigenvalue weighted by molar-refractivity contribution is 5.94. The molecule has 0 unspecified atom stereocenters. The van der Waals surface area contributed by atoms with Gasteiger partial charge in [-0.1, -0.05) is 11.2 Å². The highest BCUT2D eigenvalue weighted by atomic mass is 16.6. The van der Waals surface area contributed by atoms with E-state index in [0.717, 1.165) is 0 Å². The summed E-state index contributed by atoms with van der Waals surface area (Å²) in [5.74, 6) is 1.24. The zero-order chi connectivity index (χ0) is 21.0. The van der Waals surface area contributed by atoms with Crippen LogP contribution in [0.4, 0.5) is 5.69 Å². The normalized spacial score (nSPS) is 10.4. The van der Waals surface area contributed by atoms with E-state index in [0.29, 0.717) is 22.9 Å². The number of methoxy groups -OCH3 is 2. The van der Waals surface area contributed by atoms with E-state index in [9.17, 15) is 14.9 Å². The van der Waals surface area contributed by atoms with E-state index in [1.54, 1.807) is 32.4 Å². The lowest BCUT2D eigenvalue weighted by atomic mass is 10.2. The quantitative estimate of drug-likeness (QED) is 0.440. The summed E-state index contributed by atoms with van der Waals surface area (Å²) in [4.78, 5) is 28.5. The second kappa shape index (κ2) is 8.38. The van der Waals surface area contributed by atoms with Crippen LogP contribution in [0.3, 0.4) is 0 Å². The summed E-state index contributed by atoms with van der Waals surface area (Å²) < 4.78 is 15.7. The predicted molar refractivity (Wildman–Crippen MR) is 102 cm³/mol. The average molecular weight is 398 g/mol. The lowest BCUT2D eigenvalue weighted by Crippen LogP contribution is -2.26. The van der Waals surface area contributed by atoms with E-state index in [-0.39, 0.29) is 23.7 Å². The Labute approximate surface area is 165 Å². The van der Waals surface area contributed by atoms with Crippen LogP contribution < -0.4 is 9.47 Å². The SMILES string of the molecule is COc1ccc(-c2noc(CN(C)C(=O)c3cccc([N+](=O)[O-])c3)n2)c(OC)c1. The van der Waals surface area contributed by atoms with Gasteiger partial charge in [-0.15, -0.1) is 0 Å². The molecule has 0 N–H and O–H groups in total. The predicted octanol–water partition coefficient (Wildman–Crippen LogP) is 2.93. The molecule has 3 aromatic rings. The van der Waals surface area contributed by atoms with Crippen molar-refractivity contribution in [3.8, 4) is 22.9 Å². The maximum atomic E-state index is 12.6. The van der Waals surface area contributed by atoms with Gasteiger partial charge in [0.25, 0.3) is 11.6 Å². The number of benzene rings is 2. The first kappa shape index (κ1) is 19.8. The van der Waals surface area contributed by atoms with Gasteiger partial charge in [-0.2, -0.15) is 4.98 Å². The number of carbonyl (C=O) groups excluding carboxylic acids is 1. The topological polar surface area (TPSA) is 121 Å². The molecule has 0 aliphatic heterocycles. The number of nitro benzene ring substituents is 1. The molecule has 10 nitrogen and oxygen atoms in total. The van der Waals surface area contributed by atoms with E-state index in [2.05, 4.69) is 10.1 Å². The minimum Gasteiger partial charge on any atom is -0.497 e. The van der Waals surface area contributed by atoms with Crippen LogP contribution >= 0.6 is 0 Å². The third-order valence-electron chi connectivity index (χ3n) is 4.14. The Morgan fingerprint density at radius 2 is 2.00 bits per heavy atom. The van der Waals surface area contributed by atoms with E-state index >= 15 is 0 Å². The molecule has 10 heteroatoms. The zero-order valence-electron chi connectivity index (χ0n) is 16.0. The highest BCUT2D eigenvalue weighted by Gasteiger charge is 2.19. The van der Waals surface area contributed by atoms with Gasteiger partial charge in [0.15, 0.2) is 0 Å². The average Bonchev–Trinajstić information content (AvgIpc) is 3.20. The molecule has 1 heterocycles. The fourth-order valence-electron chi connectivity index (χ4n) is 2.66. The van der Waals surface area contributed by atoms with Gasteiger partial charge in [-0.25, -0.2) is 0 Å². The number of ether oxygens (including phenoxy) is 2. The monoisotopic (exact) mass is 398 g/mol. The number of hydrogen-bond acceptors (Lipinski definition) is 8. The second-order valence-electron chi connectivity index (χ2n) is 6.05. The van der Waals surface area contributed by atoms with E-state index in [1.807, 2.05) is 0 Å². The summed E-state index contributed by atoms with van der Waals surface area (Å²) in [6.45, 7) is 0.0347. The fraction of sp³-hybridized carbons (Fsp3) is 0.211. The standard InChI is InChI=1S/C19H18N4O6/c1-22(19(24)12-5-4-6-13(9-12)23(25)26)11-17-20-18(21-29-17)15-8-7-14(27-2)10-16(15)28-3/h4-10H,11H2,1-3H3. The molecule has 29 heavy (non-hydrogen) atoms. The van der Waals surface area contributed by atoms with Crippen molar-refractivity contribution in [2.24, 2.45) is 0 Å². The molecule has 0 fully saturated rings. The van der Waals surface area contributed by atoms with Crippen LogP contribution in [-0.4, -0.2) is 47.1 Å². The van der Waals surface area contributed by atoms with Crippen LogP contribution in [-0.2, 0) is 6.54 Å². The first-order valence-electron chi connectivity index (χ1n) is 8.48. The third kappa shape index (κ3) is 4.32. The summed E-state index contributed by atoms with van der Waals surface area (Å²) >= 11 is 0. The molecular weight excluding hydrogens is 380 g/mol. The Morgan fingerprint density at radius 1 is 1.21 bits per heavy atom. The fourth-order valence-corrected chi connectivity index (χ4v) is 2.66. The lowest BCUT2D eigenvalue weighted by Gasteiger charge is -2.14. The van der Waals surface area contributed by atoms with E-state index < -0.39 is 10.8 Å². The van der Waals surface area contributed by atoms with Crippen LogP contribution in [0.15, 0.2) is 47.0 Å². The summed E-state index contributed by atoms with van der Waals surface area (Å²) in [7, 11) is 4.61. The molecule has 0 radical (unpaired) electrons. The van der Waals surface area contributed by atoms with Gasteiger partial charge in [-0.3, -0.25) is 14.9 Å². The molecular formula is C19H18N4O6. The highest BCUT2D eigenvalue weighted by Crippen LogP contribution is 2.31. The molecule has 0 saturated carbocycles. The summed E-state index contributed by atoms with van der Waals surface area (Å²) in [5, 5.41) is 14.8. The molecule has 1 amide bonds. The molecule has 0 aliphatic carbocycles. The van der Waals surface area contributed by atoms with Crippen molar-refractivity contribution < 1.29 is 23.7 Å². The number of non-ortho nitro benzene ring substituents is 1. The number of nitrogens with zero attached hydrogens (tertiary/aromatic N) is 4. The molecule has 0 atom stereocenters. The van der Waals surface area contributed by atoms with E-state index in [4.69, 9.17) is 14.0 Å². The van der Waals surface area contributed by atoms with Crippen molar-refractivity contribution in [1.29, 1.82) is 0 Å². The summed E-state index contributed by atoms with van der Waals surface area (Å²) in [6, 6.07) is 10.7. The van der Waals surface area contributed by atoms with Crippen molar-refractivity contribution >= 4 is 11.6 Å². The summed E-state index contributed by atoms with van der Waals surface area (Å²) in [6.07, 6.45) is 0. The largest absolute Gasteiger partial charge is 0.497 e. The maximum absolute atomic E-state index is 12.6. The minimum atomic E-state index is -0.552. The van der Waals surface area contributed by atoms with Crippen LogP contribution in [0.25, 0.3) is 11.4 Å².